The summed E-state index contributed by atoms with van der Waals surface area (Å²) in [5.74, 6) is 0.0971. The van der Waals surface area contributed by atoms with E-state index in [1.807, 2.05) is 37.3 Å². The lowest BCUT2D eigenvalue weighted by Gasteiger charge is -2.13. The van der Waals surface area contributed by atoms with E-state index >= 15 is 0 Å². The van der Waals surface area contributed by atoms with Crippen LogP contribution in [0.2, 0.25) is 0 Å². The molecule has 5 nitrogen and oxygen atoms in total. The molecule has 3 rings (SSSR count). The molecule has 2 amide bonds. The highest BCUT2D eigenvalue weighted by Crippen LogP contribution is 2.34. The number of benzene rings is 2. The Bertz CT molecular complexity index is 771. The van der Waals surface area contributed by atoms with Crippen molar-refractivity contribution in [3.63, 3.8) is 0 Å². The second-order valence-electron chi connectivity index (χ2n) is 5.50. The molecule has 0 spiro atoms. The van der Waals surface area contributed by atoms with Crippen LogP contribution in [0.5, 0.6) is 5.75 Å². The first-order valence-electron chi connectivity index (χ1n) is 7.45. The average Bonchev–Trinajstić information content (AvgIpc) is 3.00. The van der Waals surface area contributed by atoms with Crippen molar-refractivity contribution in [1.82, 2.24) is 5.32 Å². The van der Waals surface area contributed by atoms with Crippen LogP contribution < -0.4 is 15.4 Å². The van der Waals surface area contributed by atoms with Crippen molar-refractivity contribution < 1.29 is 14.3 Å². The predicted octanol–water partition coefficient (Wildman–Crippen LogP) is 2.47. The van der Waals surface area contributed by atoms with Crippen molar-refractivity contribution in [3.05, 3.63) is 59.2 Å². The molecule has 1 aliphatic rings. The van der Waals surface area contributed by atoms with E-state index in [1.165, 1.54) is 0 Å². The minimum atomic E-state index is -0.339. The van der Waals surface area contributed by atoms with Gasteiger partial charge in [0.25, 0.3) is 5.91 Å². The van der Waals surface area contributed by atoms with E-state index < -0.39 is 0 Å². The highest BCUT2D eigenvalue weighted by molar-refractivity contribution is 6.00. The van der Waals surface area contributed by atoms with Crippen LogP contribution in [-0.2, 0) is 4.79 Å². The topological polar surface area (TPSA) is 67.4 Å². The number of nitrogens with one attached hydrogen (secondary N) is 2. The Hall–Kier alpha value is -2.82. The Kier molecular flexibility index (Phi) is 4.02. The van der Waals surface area contributed by atoms with Crippen LogP contribution in [0.25, 0.3) is 0 Å². The van der Waals surface area contributed by atoms with E-state index in [9.17, 15) is 9.59 Å². The molecule has 1 heterocycles. The predicted molar refractivity (Wildman–Crippen MR) is 87.9 cm³/mol. The highest BCUT2D eigenvalue weighted by Gasteiger charge is 2.30. The molecule has 0 aliphatic carbocycles. The molecule has 2 aromatic rings. The Balaban J connectivity index is 1.82. The van der Waals surface area contributed by atoms with Gasteiger partial charge in [-0.1, -0.05) is 24.3 Å². The third-order valence-electron chi connectivity index (χ3n) is 4.00. The number of ether oxygens (including phenoxy) is 1. The van der Waals surface area contributed by atoms with Crippen molar-refractivity contribution in [3.8, 4) is 5.75 Å². The maximum Gasteiger partial charge on any atom is 0.251 e. The molecule has 0 fully saturated rings. The van der Waals surface area contributed by atoms with E-state index in [4.69, 9.17) is 4.74 Å². The molecule has 0 unspecified atom stereocenters. The van der Waals surface area contributed by atoms with Crippen molar-refractivity contribution in [2.24, 2.45) is 0 Å². The number of rotatable bonds is 3. The average molecular weight is 310 g/mol. The van der Waals surface area contributed by atoms with Gasteiger partial charge in [-0.3, -0.25) is 9.59 Å². The lowest BCUT2D eigenvalue weighted by Crippen LogP contribution is -2.23. The Morgan fingerprint density at radius 1 is 1.17 bits per heavy atom. The van der Waals surface area contributed by atoms with Crippen LogP contribution in [0.15, 0.2) is 42.5 Å². The van der Waals surface area contributed by atoms with Gasteiger partial charge in [0.05, 0.1) is 0 Å². The van der Waals surface area contributed by atoms with E-state index in [0.717, 1.165) is 16.9 Å². The normalized spacial score (nSPS) is 15.5. The summed E-state index contributed by atoms with van der Waals surface area (Å²) in [7, 11) is 1.58. The molecule has 5 heteroatoms. The Morgan fingerprint density at radius 3 is 2.74 bits per heavy atom. The second-order valence-corrected chi connectivity index (χ2v) is 5.50. The van der Waals surface area contributed by atoms with Gasteiger partial charge < -0.3 is 15.4 Å². The number of carbonyl (C=O) groups is 2. The first-order chi connectivity index (χ1) is 11.1. The molecule has 0 aromatic heterocycles. The number of anilines is 1. The maximum atomic E-state index is 12.6. The summed E-state index contributed by atoms with van der Waals surface area (Å²) < 4.78 is 5.55. The van der Waals surface area contributed by atoms with Crippen molar-refractivity contribution in [1.29, 1.82) is 0 Å². The largest absolute Gasteiger partial charge is 0.492 e. The smallest absolute Gasteiger partial charge is 0.251 e. The number of fused-ring (bicyclic) bond motifs is 1. The molecule has 1 atom stereocenters. The molecule has 2 aromatic carbocycles. The summed E-state index contributed by atoms with van der Waals surface area (Å²) in [6.45, 7) is 2.22. The van der Waals surface area contributed by atoms with Gasteiger partial charge in [-0.25, -0.2) is 0 Å². The lowest BCUT2D eigenvalue weighted by atomic mass is 10.00. The van der Waals surface area contributed by atoms with Crippen LogP contribution in [-0.4, -0.2) is 25.5 Å². The quantitative estimate of drug-likeness (QED) is 0.915. The molecule has 0 saturated heterocycles. The van der Waals surface area contributed by atoms with Crippen molar-refractivity contribution in [2.75, 3.05) is 19.0 Å². The SMILES string of the molecule is CNC(=O)c1ccc(C)c(NC(=O)[C@@H]2COc3ccccc32)c1. The van der Waals surface area contributed by atoms with Crippen LogP contribution in [0.1, 0.15) is 27.4 Å². The first kappa shape index (κ1) is 15.1. The standard InChI is InChI=1S/C18H18N2O3/c1-11-7-8-12(17(21)19-2)9-15(11)20-18(22)14-10-23-16-6-4-3-5-13(14)16/h3-9,14H,10H2,1-2H3,(H,19,21)(H,20,22)/t14-/m1/s1. The molecule has 0 radical (unpaired) electrons. The van der Waals surface area contributed by atoms with E-state index in [1.54, 1.807) is 19.2 Å². The molecule has 0 bridgehead atoms. The van der Waals surface area contributed by atoms with Gasteiger partial charge in [0.1, 0.15) is 18.3 Å². The summed E-state index contributed by atoms with van der Waals surface area (Å²) in [6.07, 6.45) is 0. The van der Waals surface area contributed by atoms with Crippen LogP contribution >= 0.6 is 0 Å². The number of amides is 2. The summed E-state index contributed by atoms with van der Waals surface area (Å²) in [5, 5.41) is 5.49. The van der Waals surface area contributed by atoms with Gasteiger partial charge in [0.15, 0.2) is 0 Å². The molecular formula is C18H18N2O3. The fourth-order valence-corrected chi connectivity index (χ4v) is 2.64. The van der Waals surface area contributed by atoms with E-state index in [0.29, 0.717) is 17.9 Å². The van der Waals surface area contributed by atoms with Crippen LogP contribution in [0.3, 0.4) is 0 Å². The fourth-order valence-electron chi connectivity index (χ4n) is 2.64. The molecule has 2 N–H and O–H groups in total. The van der Waals surface area contributed by atoms with Gasteiger partial charge in [-0.15, -0.1) is 0 Å². The van der Waals surface area contributed by atoms with Gasteiger partial charge >= 0.3 is 0 Å². The molecule has 0 saturated carbocycles. The van der Waals surface area contributed by atoms with Crippen molar-refractivity contribution in [2.45, 2.75) is 12.8 Å². The zero-order chi connectivity index (χ0) is 16.4. The highest BCUT2D eigenvalue weighted by atomic mass is 16.5. The molecule has 1 aliphatic heterocycles. The lowest BCUT2D eigenvalue weighted by molar-refractivity contribution is -0.117. The first-order valence-corrected chi connectivity index (χ1v) is 7.45. The second kappa shape index (κ2) is 6.12. The number of hydrogen-bond acceptors (Lipinski definition) is 3. The van der Waals surface area contributed by atoms with Gasteiger partial charge in [-0.2, -0.15) is 0 Å². The third kappa shape index (κ3) is 2.90. The molecule has 23 heavy (non-hydrogen) atoms. The number of para-hydroxylation sites is 1. The minimum Gasteiger partial charge on any atom is -0.492 e. The minimum absolute atomic E-state index is 0.132. The van der Waals surface area contributed by atoms with Crippen molar-refractivity contribution >= 4 is 17.5 Å². The third-order valence-corrected chi connectivity index (χ3v) is 4.00. The summed E-state index contributed by atoms with van der Waals surface area (Å²) in [6, 6.07) is 12.8. The van der Waals surface area contributed by atoms with Crippen LogP contribution in [0.4, 0.5) is 5.69 Å². The maximum absolute atomic E-state index is 12.6. The monoisotopic (exact) mass is 310 g/mol. The number of aryl methyl sites for hydroxylation is 1. The zero-order valence-electron chi connectivity index (χ0n) is 13.1. The summed E-state index contributed by atoms with van der Waals surface area (Å²) in [4.78, 5) is 24.3. The zero-order valence-corrected chi connectivity index (χ0v) is 13.1. The Labute approximate surface area is 134 Å². The van der Waals surface area contributed by atoms with Gasteiger partial charge in [-0.05, 0) is 30.7 Å². The number of carbonyl (C=O) groups excluding carboxylic acids is 2. The summed E-state index contributed by atoms with van der Waals surface area (Å²) in [5.41, 5.74) is 2.94. The number of hydrogen-bond donors (Lipinski definition) is 2. The van der Waals surface area contributed by atoms with Crippen LogP contribution in [0, 0.1) is 6.92 Å². The van der Waals surface area contributed by atoms with Gasteiger partial charge in [0, 0.05) is 23.9 Å². The molecular weight excluding hydrogens is 292 g/mol. The summed E-state index contributed by atoms with van der Waals surface area (Å²) >= 11 is 0. The van der Waals surface area contributed by atoms with E-state index in [2.05, 4.69) is 10.6 Å². The van der Waals surface area contributed by atoms with Gasteiger partial charge in [0.2, 0.25) is 5.91 Å². The van der Waals surface area contributed by atoms with E-state index in [-0.39, 0.29) is 17.7 Å². The molecule has 118 valence electrons. The fraction of sp³-hybridized carbons (Fsp3) is 0.222. The Morgan fingerprint density at radius 2 is 1.96 bits per heavy atom.